The number of aromatic nitrogens is 2. The molecule has 150 valence electrons. The van der Waals surface area contributed by atoms with Crippen LogP contribution in [-0.4, -0.2) is 46.8 Å². The van der Waals surface area contributed by atoms with E-state index in [1.165, 1.54) is 5.56 Å². The molecule has 4 rings (SSSR count). The molecular formula is C21H29N5O2. The molecule has 2 aromatic rings. The highest BCUT2D eigenvalue weighted by molar-refractivity contribution is 5.93. The zero-order chi connectivity index (χ0) is 19.7. The van der Waals surface area contributed by atoms with Gasteiger partial charge in [-0.25, -0.2) is 0 Å². The van der Waals surface area contributed by atoms with Crippen molar-refractivity contribution in [2.45, 2.75) is 44.8 Å². The molecule has 28 heavy (non-hydrogen) atoms. The highest BCUT2D eigenvalue weighted by Gasteiger charge is 2.36. The number of hydrazine groups is 1. The molecule has 2 fully saturated rings. The van der Waals surface area contributed by atoms with Crippen molar-refractivity contribution in [1.29, 1.82) is 0 Å². The summed E-state index contributed by atoms with van der Waals surface area (Å²) in [5.41, 5.74) is 8.82. The van der Waals surface area contributed by atoms with Gasteiger partial charge in [0.15, 0.2) is 0 Å². The molecule has 7 heteroatoms. The van der Waals surface area contributed by atoms with Crippen LogP contribution in [0.4, 0.5) is 0 Å². The summed E-state index contributed by atoms with van der Waals surface area (Å²) >= 11 is 0. The number of ether oxygens (including phenoxy) is 1. The summed E-state index contributed by atoms with van der Waals surface area (Å²) in [6.07, 6.45) is 5.59. The standard InChI is InChI=1S/C21H29N5O2/c1-14(2)26-13-17(11-22-26)21(27)25-9-8-16(12-25)20-10-19(23-24-20)15-4-6-18(28-3)7-5-15/h4-7,11,13-14,16,19-20,23-24H,8-10,12H2,1-3H3. The molecule has 2 aliphatic rings. The van der Waals surface area contributed by atoms with Gasteiger partial charge in [0.05, 0.1) is 18.9 Å². The van der Waals surface area contributed by atoms with Crippen molar-refractivity contribution in [2.24, 2.45) is 5.92 Å². The minimum atomic E-state index is 0.0899. The van der Waals surface area contributed by atoms with E-state index in [1.54, 1.807) is 13.3 Å². The van der Waals surface area contributed by atoms with Crippen LogP contribution in [0, 0.1) is 5.92 Å². The van der Waals surface area contributed by atoms with Crippen molar-refractivity contribution in [1.82, 2.24) is 25.5 Å². The summed E-state index contributed by atoms with van der Waals surface area (Å²) in [6, 6.07) is 9.12. The van der Waals surface area contributed by atoms with Gasteiger partial charge in [-0.3, -0.25) is 20.3 Å². The lowest BCUT2D eigenvalue weighted by atomic mass is 9.93. The Morgan fingerprint density at radius 3 is 2.71 bits per heavy atom. The molecular weight excluding hydrogens is 354 g/mol. The lowest BCUT2D eigenvalue weighted by Gasteiger charge is -2.19. The second-order valence-electron chi connectivity index (χ2n) is 8.06. The molecule has 0 saturated carbocycles. The predicted molar refractivity (Wildman–Crippen MR) is 107 cm³/mol. The molecule has 7 nitrogen and oxygen atoms in total. The Morgan fingerprint density at radius 1 is 1.25 bits per heavy atom. The number of benzene rings is 1. The average molecular weight is 383 g/mol. The number of nitrogens with one attached hydrogen (secondary N) is 2. The Labute approximate surface area is 166 Å². The van der Waals surface area contributed by atoms with Gasteiger partial charge in [-0.1, -0.05) is 12.1 Å². The van der Waals surface area contributed by atoms with Gasteiger partial charge in [-0.15, -0.1) is 0 Å². The van der Waals surface area contributed by atoms with Gasteiger partial charge < -0.3 is 9.64 Å². The first kappa shape index (κ1) is 19.0. The topological polar surface area (TPSA) is 71.4 Å². The molecule has 2 saturated heterocycles. The van der Waals surface area contributed by atoms with Crippen molar-refractivity contribution in [3.05, 3.63) is 47.8 Å². The fourth-order valence-corrected chi connectivity index (χ4v) is 4.16. The van der Waals surface area contributed by atoms with Crippen LogP contribution >= 0.6 is 0 Å². The zero-order valence-corrected chi connectivity index (χ0v) is 16.8. The number of carbonyl (C=O) groups is 1. The van der Waals surface area contributed by atoms with Crippen LogP contribution < -0.4 is 15.6 Å². The van der Waals surface area contributed by atoms with E-state index in [1.807, 2.05) is 27.9 Å². The minimum absolute atomic E-state index is 0.0899. The number of methoxy groups -OCH3 is 1. The molecule has 1 amide bonds. The van der Waals surface area contributed by atoms with Crippen molar-refractivity contribution >= 4 is 5.91 Å². The van der Waals surface area contributed by atoms with Gasteiger partial charge in [-0.05, 0) is 50.3 Å². The Hall–Kier alpha value is -2.38. The summed E-state index contributed by atoms with van der Waals surface area (Å²) in [7, 11) is 1.68. The molecule has 3 unspecified atom stereocenters. The lowest BCUT2D eigenvalue weighted by Crippen LogP contribution is -2.38. The molecule has 0 spiro atoms. The molecule has 0 bridgehead atoms. The largest absolute Gasteiger partial charge is 0.497 e. The maximum atomic E-state index is 12.8. The van der Waals surface area contributed by atoms with Crippen LogP contribution in [0.3, 0.4) is 0 Å². The van der Waals surface area contributed by atoms with Gasteiger partial charge in [-0.2, -0.15) is 5.10 Å². The molecule has 1 aromatic heterocycles. The Morgan fingerprint density at radius 2 is 2.04 bits per heavy atom. The summed E-state index contributed by atoms with van der Waals surface area (Å²) < 4.78 is 7.08. The number of rotatable bonds is 5. The van der Waals surface area contributed by atoms with E-state index in [0.29, 0.717) is 17.5 Å². The van der Waals surface area contributed by atoms with Crippen molar-refractivity contribution in [2.75, 3.05) is 20.2 Å². The van der Waals surface area contributed by atoms with Crippen LogP contribution in [0.25, 0.3) is 0 Å². The van der Waals surface area contributed by atoms with Gasteiger partial charge in [0, 0.05) is 37.4 Å². The van der Waals surface area contributed by atoms with Crippen LogP contribution in [0.15, 0.2) is 36.7 Å². The van der Waals surface area contributed by atoms with Crippen molar-refractivity contribution in [3.63, 3.8) is 0 Å². The first-order chi connectivity index (χ1) is 13.5. The summed E-state index contributed by atoms with van der Waals surface area (Å²) in [6.45, 7) is 5.72. The predicted octanol–water partition coefficient (Wildman–Crippen LogP) is 2.54. The van der Waals surface area contributed by atoms with Crippen LogP contribution in [0.1, 0.15) is 54.7 Å². The van der Waals surface area contributed by atoms with E-state index in [-0.39, 0.29) is 18.0 Å². The summed E-state index contributed by atoms with van der Waals surface area (Å²) in [4.78, 5) is 14.8. The van der Waals surface area contributed by atoms with E-state index < -0.39 is 0 Å². The Kier molecular flexibility index (Phi) is 5.37. The summed E-state index contributed by atoms with van der Waals surface area (Å²) in [5.74, 6) is 1.42. The third kappa shape index (κ3) is 3.77. The van der Waals surface area contributed by atoms with Gasteiger partial charge in [0.25, 0.3) is 5.91 Å². The lowest BCUT2D eigenvalue weighted by molar-refractivity contribution is 0.0784. The fourth-order valence-electron chi connectivity index (χ4n) is 4.16. The third-order valence-corrected chi connectivity index (χ3v) is 5.91. The zero-order valence-electron chi connectivity index (χ0n) is 16.8. The molecule has 2 aliphatic heterocycles. The Bertz CT molecular complexity index is 816. The van der Waals surface area contributed by atoms with Gasteiger partial charge >= 0.3 is 0 Å². The molecule has 0 aliphatic carbocycles. The molecule has 2 N–H and O–H groups in total. The number of amides is 1. The van der Waals surface area contributed by atoms with Gasteiger partial charge in [0.1, 0.15) is 5.75 Å². The number of nitrogens with zero attached hydrogens (tertiary/aromatic N) is 3. The third-order valence-electron chi connectivity index (χ3n) is 5.91. The molecule has 3 heterocycles. The second-order valence-corrected chi connectivity index (χ2v) is 8.06. The maximum Gasteiger partial charge on any atom is 0.257 e. The summed E-state index contributed by atoms with van der Waals surface area (Å²) in [5, 5.41) is 4.30. The minimum Gasteiger partial charge on any atom is -0.497 e. The van der Waals surface area contributed by atoms with Crippen molar-refractivity contribution in [3.8, 4) is 5.75 Å². The number of hydrogen-bond acceptors (Lipinski definition) is 5. The van der Waals surface area contributed by atoms with E-state index in [9.17, 15) is 4.79 Å². The molecule has 3 atom stereocenters. The van der Waals surface area contributed by atoms with Crippen LogP contribution in [0.5, 0.6) is 5.75 Å². The second kappa shape index (κ2) is 7.93. The van der Waals surface area contributed by atoms with Crippen LogP contribution in [0.2, 0.25) is 0 Å². The molecule has 0 radical (unpaired) electrons. The van der Waals surface area contributed by atoms with Gasteiger partial charge in [0.2, 0.25) is 0 Å². The van der Waals surface area contributed by atoms with Crippen LogP contribution in [-0.2, 0) is 0 Å². The quantitative estimate of drug-likeness (QED) is 0.830. The van der Waals surface area contributed by atoms with Crippen molar-refractivity contribution < 1.29 is 9.53 Å². The van der Waals surface area contributed by atoms with E-state index in [4.69, 9.17) is 4.74 Å². The van der Waals surface area contributed by atoms with E-state index in [0.717, 1.165) is 31.7 Å². The Balaban J connectivity index is 1.34. The normalized spacial score (nSPS) is 24.9. The first-order valence-corrected chi connectivity index (χ1v) is 10.0. The number of carbonyl (C=O) groups excluding carboxylic acids is 1. The highest BCUT2D eigenvalue weighted by atomic mass is 16.5. The molecule has 1 aromatic carbocycles. The fraction of sp³-hybridized carbons (Fsp3) is 0.524. The first-order valence-electron chi connectivity index (χ1n) is 10.0. The maximum absolute atomic E-state index is 12.8. The SMILES string of the molecule is COc1ccc(C2CC(C3CCN(C(=O)c4cnn(C(C)C)c4)C3)NN2)cc1. The monoisotopic (exact) mass is 383 g/mol. The highest BCUT2D eigenvalue weighted by Crippen LogP contribution is 2.31. The smallest absolute Gasteiger partial charge is 0.257 e. The number of likely N-dealkylation sites (tertiary alicyclic amines) is 1. The van der Waals surface area contributed by atoms with E-state index >= 15 is 0 Å². The van der Waals surface area contributed by atoms with E-state index in [2.05, 4.69) is 41.9 Å². The number of hydrogen-bond donors (Lipinski definition) is 2. The average Bonchev–Trinajstić information content (AvgIpc) is 3.47.